The van der Waals surface area contributed by atoms with Gasteiger partial charge in [0, 0.05) is 6.54 Å². The molecule has 7 nitrogen and oxygen atoms in total. The Bertz CT molecular complexity index is 1610. The fourth-order valence-corrected chi connectivity index (χ4v) is 13.3. The second kappa shape index (κ2) is 11.3. The van der Waals surface area contributed by atoms with Crippen LogP contribution in [0.2, 0.25) is 0 Å². The van der Waals surface area contributed by atoms with Crippen molar-refractivity contribution in [2.24, 2.45) is 56.7 Å². The van der Waals surface area contributed by atoms with Gasteiger partial charge in [-0.05, 0) is 139 Å². The summed E-state index contributed by atoms with van der Waals surface area (Å²) in [5.74, 6) is 0.459. The monoisotopic (exact) mass is 665 g/mol. The first-order valence-corrected chi connectivity index (χ1v) is 19.4. The highest BCUT2D eigenvalue weighted by Gasteiger charge is 2.71. The Morgan fingerprint density at radius 2 is 1.60 bits per heavy atom. The third kappa shape index (κ3) is 5.09. The van der Waals surface area contributed by atoms with Gasteiger partial charge >= 0.3 is 5.97 Å². The molecule has 1 aromatic carbocycles. The minimum absolute atomic E-state index is 0.0389. The number of carbonyl (C=O) groups is 2. The predicted octanol–water partition coefficient (Wildman–Crippen LogP) is 8.04. The summed E-state index contributed by atoms with van der Waals surface area (Å²) < 4.78 is 32.1. The molecule has 5 aliphatic carbocycles. The number of nitrogens with one attached hydrogen (secondary N) is 1. The number of aromatic carboxylic acids is 1. The average molecular weight is 666 g/mol. The molecule has 0 aliphatic heterocycles. The molecule has 0 spiro atoms. The van der Waals surface area contributed by atoms with E-state index in [4.69, 9.17) is 0 Å². The molecular weight excluding hydrogens is 610 g/mol. The molecule has 47 heavy (non-hydrogen) atoms. The van der Waals surface area contributed by atoms with Crippen LogP contribution in [-0.2, 0) is 14.9 Å². The molecule has 1 amide bonds. The molecule has 9 atom stereocenters. The molecule has 3 N–H and O–H groups in total. The van der Waals surface area contributed by atoms with Crippen molar-refractivity contribution < 1.29 is 27.7 Å². The molecule has 0 radical (unpaired) electrons. The maximum atomic E-state index is 14.1. The Morgan fingerprint density at radius 3 is 2.21 bits per heavy atom. The summed E-state index contributed by atoms with van der Waals surface area (Å²) in [6.45, 7) is 18.9. The number of rotatable bonds is 7. The van der Waals surface area contributed by atoms with Crippen LogP contribution in [0.4, 0.5) is 0 Å². The Balaban J connectivity index is 1.33. The van der Waals surface area contributed by atoms with Gasteiger partial charge in [0.25, 0.3) is 10.1 Å². The Hall–Kier alpha value is -2.45. The van der Waals surface area contributed by atoms with Crippen molar-refractivity contribution >= 4 is 27.6 Å². The third-order valence-electron chi connectivity index (χ3n) is 15.2. The number of amides is 1. The summed E-state index contributed by atoms with van der Waals surface area (Å²) in [6, 6.07) is 7.40. The third-order valence-corrected chi connectivity index (χ3v) is 15.9. The summed E-state index contributed by atoms with van der Waals surface area (Å²) in [7, 11) is -4.15. The molecule has 0 heterocycles. The minimum atomic E-state index is -4.15. The van der Waals surface area contributed by atoms with Gasteiger partial charge in [0.05, 0.1) is 16.7 Å². The summed E-state index contributed by atoms with van der Waals surface area (Å²) >= 11 is 0. The van der Waals surface area contributed by atoms with E-state index in [9.17, 15) is 27.7 Å². The number of fused-ring (bicyclic) bond motifs is 7. The largest absolute Gasteiger partial charge is 0.478 e. The molecule has 6 rings (SSSR count). The lowest BCUT2D eigenvalue weighted by Crippen LogP contribution is -2.66. The van der Waals surface area contributed by atoms with Crippen LogP contribution in [0, 0.1) is 56.7 Å². The number of carboxylic acid groups (broad SMARTS) is 1. The van der Waals surface area contributed by atoms with Crippen molar-refractivity contribution in [1.82, 2.24) is 5.32 Å². The Labute approximate surface area is 281 Å². The number of carbonyl (C=O) groups excluding carboxylic acids is 1. The molecule has 0 unspecified atom stereocenters. The van der Waals surface area contributed by atoms with Gasteiger partial charge in [0.15, 0.2) is 0 Å². The van der Waals surface area contributed by atoms with Crippen molar-refractivity contribution in [1.29, 1.82) is 0 Å². The molecule has 0 bridgehead atoms. The van der Waals surface area contributed by atoms with Crippen LogP contribution >= 0.6 is 0 Å². The van der Waals surface area contributed by atoms with Gasteiger partial charge in [0.2, 0.25) is 5.91 Å². The zero-order valence-electron chi connectivity index (χ0n) is 29.2. The number of hydrogen-bond donors (Lipinski definition) is 3. The lowest BCUT2D eigenvalue weighted by Gasteiger charge is -2.72. The zero-order chi connectivity index (χ0) is 34.4. The van der Waals surface area contributed by atoms with Crippen molar-refractivity contribution in [3.63, 3.8) is 0 Å². The van der Waals surface area contributed by atoms with Crippen LogP contribution < -0.4 is 5.32 Å². The zero-order valence-corrected chi connectivity index (χ0v) is 30.0. The minimum Gasteiger partial charge on any atom is -0.478 e. The number of carboxylic acids is 1. The summed E-state index contributed by atoms with van der Waals surface area (Å²) in [6.07, 6.45) is 11.5. The first-order valence-electron chi connectivity index (χ1n) is 17.7. The first-order chi connectivity index (χ1) is 21.8. The fraction of sp³-hybridized carbons (Fsp3) is 0.692. The van der Waals surface area contributed by atoms with Gasteiger partial charge in [-0.25, -0.2) is 4.79 Å². The van der Waals surface area contributed by atoms with E-state index in [0.29, 0.717) is 23.3 Å². The van der Waals surface area contributed by atoms with Gasteiger partial charge < -0.3 is 10.4 Å². The summed E-state index contributed by atoms with van der Waals surface area (Å²) in [5, 5.41) is 12.4. The van der Waals surface area contributed by atoms with E-state index in [2.05, 4.69) is 59.5 Å². The molecule has 8 heteroatoms. The van der Waals surface area contributed by atoms with Gasteiger partial charge in [-0.1, -0.05) is 65.0 Å². The molecular formula is C39H55NO6S. The van der Waals surface area contributed by atoms with E-state index in [0.717, 1.165) is 68.9 Å². The van der Waals surface area contributed by atoms with E-state index < -0.39 is 27.3 Å². The van der Waals surface area contributed by atoms with Gasteiger partial charge in [-0.2, -0.15) is 8.42 Å². The molecule has 0 aromatic heterocycles. The van der Waals surface area contributed by atoms with E-state index >= 15 is 0 Å². The SMILES string of the molecule is C=C(C)[C@@H]1CC[C@]2(C(=O)NCCS(=O)(=O)O)CC[C@]3(C)[C@H](CC[C@@H]4[C@@]5(C)CC=C(c6ccc(C(=O)O)cc6)C(C)(C)[C@@H]5CC[C@]43C)[C@@H]12. The van der Waals surface area contributed by atoms with Crippen molar-refractivity contribution in [3.05, 3.63) is 53.6 Å². The average Bonchev–Trinajstić information content (AvgIpc) is 3.38. The lowest BCUT2D eigenvalue weighted by atomic mass is 9.32. The lowest BCUT2D eigenvalue weighted by molar-refractivity contribution is -0.225. The first kappa shape index (κ1) is 34.4. The smallest absolute Gasteiger partial charge is 0.335 e. The van der Waals surface area contributed by atoms with Crippen LogP contribution in [0.3, 0.4) is 0 Å². The van der Waals surface area contributed by atoms with E-state index in [1.807, 2.05) is 12.1 Å². The highest BCUT2D eigenvalue weighted by Crippen LogP contribution is 2.77. The topological polar surface area (TPSA) is 121 Å². The number of benzene rings is 1. The van der Waals surface area contributed by atoms with Crippen molar-refractivity contribution in [3.8, 4) is 0 Å². The Morgan fingerprint density at radius 1 is 0.915 bits per heavy atom. The fourth-order valence-electron chi connectivity index (χ4n) is 12.9. The van der Waals surface area contributed by atoms with Crippen LogP contribution in [0.1, 0.15) is 115 Å². The van der Waals surface area contributed by atoms with Crippen molar-refractivity contribution in [2.75, 3.05) is 12.3 Å². The van der Waals surface area contributed by atoms with Gasteiger partial charge in [-0.3, -0.25) is 9.35 Å². The Kier molecular flexibility index (Phi) is 8.27. The van der Waals surface area contributed by atoms with Crippen molar-refractivity contribution in [2.45, 2.75) is 99.3 Å². The number of allylic oxidation sites excluding steroid dienone is 3. The van der Waals surface area contributed by atoms with Crippen LogP contribution in [-0.4, -0.2) is 42.3 Å². The van der Waals surface area contributed by atoms with Crippen LogP contribution in [0.25, 0.3) is 5.57 Å². The molecule has 258 valence electrons. The summed E-state index contributed by atoms with van der Waals surface area (Å²) in [4.78, 5) is 25.6. The molecule has 0 saturated heterocycles. The normalized spacial score (nSPS) is 40.6. The second-order valence-electron chi connectivity index (χ2n) is 17.3. The van der Waals surface area contributed by atoms with E-state index in [1.54, 1.807) is 12.1 Å². The highest BCUT2D eigenvalue weighted by molar-refractivity contribution is 7.85. The predicted molar refractivity (Wildman–Crippen MR) is 185 cm³/mol. The van der Waals surface area contributed by atoms with Crippen LogP contribution in [0.15, 0.2) is 42.5 Å². The molecule has 1 aromatic rings. The molecule has 5 aliphatic rings. The van der Waals surface area contributed by atoms with Crippen LogP contribution in [0.5, 0.6) is 0 Å². The maximum absolute atomic E-state index is 14.1. The molecule has 4 saturated carbocycles. The quantitative estimate of drug-likeness (QED) is 0.200. The highest BCUT2D eigenvalue weighted by atomic mass is 32.2. The standard InChI is InChI=1S/C39H55NO6S/c1-24(2)27-14-19-39(34(43)40-22-23-47(44,45)46)21-20-37(6)29(32(27)39)12-13-31-36(5)17-15-28(25-8-10-26(11-9-25)33(41)42)35(3,4)30(36)16-18-38(31,37)7/h8-11,15,27,29-32H,1,12-14,16-23H2,2-7H3,(H,40,43)(H,41,42)(H,44,45,46)/t27-,29+,30-,31+,32+,36-,37+,38+,39-/m0/s1. The number of hydrogen-bond acceptors (Lipinski definition) is 4. The second-order valence-corrected chi connectivity index (χ2v) is 18.9. The van der Waals surface area contributed by atoms with E-state index in [1.165, 1.54) is 5.57 Å². The summed E-state index contributed by atoms with van der Waals surface area (Å²) in [5.41, 5.74) is 3.63. The maximum Gasteiger partial charge on any atom is 0.335 e. The van der Waals surface area contributed by atoms with Gasteiger partial charge in [0.1, 0.15) is 0 Å². The van der Waals surface area contributed by atoms with E-state index in [-0.39, 0.29) is 45.9 Å². The van der Waals surface area contributed by atoms with Gasteiger partial charge in [-0.15, -0.1) is 0 Å². The molecule has 4 fully saturated rings.